The van der Waals surface area contributed by atoms with E-state index < -0.39 is 0 Å². The van der Waals surface area contributed by atoms with Gasteiger partial charge in [-0.1, -0.05) is 12.5 Å². The lowest BCUT2D eigenvalue weighted by Crippen LogP contribution is -2.45. The molecule has 3 N–H and O–H groups in total. The Morgan fingerprint density at radius 1 is 1.24 bits per heavy atom. The zero-order valence-corrected chi connectivity index (χ0v) is 14.9. The molecule has 2 amide bonds. The van der Waals surface area contributed by atoms with E-state index in [0.29, 0.717) is 44.2 Å². The van der Waals surface area contributed by atoms with Crippen LogP contribution in [0.5, 0.6) is 0 Å². The topological polar surface area (TPSA) is 88.3 Å². The predicted octanol–water partition coefficient (Wildman–Crippen LogP) is 1.94. The maximum Gasteiger partial charge on any atom is 0.228 e. The fraction of sp³-hybridized carbons (Fsp3) is 0.632. The first-order valence-corrected chi connectivity index (χ1v) is 9.31. The third kappa shape index (κ3) is 4.18. The molecule has 2 aliphatic rings. The molecule has 6 heteroatoms. The Kier molecular flexibility index (Phi) is 5.68. The summed E-state index contributed by atoms with van der Waals surface area (Å²) in [4.78, 5) is 31.3. The number of nitrogens with one attached hydrogen (secondary N) is 1. The highest BCUT2D eigenvalue weighted by Gasteiger charge is 2.36. The van der Waals surface area contributed by atoms with Crippen LogP contribution in [0.15, 0.2) is 18.3 Å². The van der Waals surface area contributed by atoms with Gasteiger partial charge in [0.2, 0.25) is 11.8 Å². The molecule has 1 saturated carbocycles. The number of piperidine rings is 1. The van der Waals surface area contributed by atoms with E-state index in [1.165, 1.54) is 0 Å². The summed E-state index contributed by atoms with van der Waals surface area (Å²) in [7, 11) is 0. The first-order chi connectivity index (χ1) is 12.1. The van der Waals surface area contributed by atoms with Crippen molar-refractivity contribution in [2.24, 2.45) is 23.5 Å². The molecule has 0 bridgehead atoms. The second-order valence-corrected chi connectivity index (χ2v) is 7.34. The molecule has 2 heterocycles. The van der Waals surface area contributed by atoms with Crippen LogP contribution in [-0.2, 0) is 9.59 Å². The second-order valence-electron chi connectivity index (χ2n) is 7.34. The highest BCUT2D eigenvalue weighted by molar-refractivity contribution is 5.92. The molecule has 6 nitrogen and oxygen atoms in total. The Morgan fingerprint density at radius 3 is 2.64 bits per heavy atom. The van der Waals surface area contributed by atoms with Gasteiger partial charge in [-0.2, -0.15) is 0 Å². The summed E-state index contributed by atoms with van der Waals surface area (Å²) >= 11 is 0. The first kappa shape index (κ1) is 17.9. The summed E-state index contributed by atoms with van der Waals surface area (Å²) in [6, 6.07) is 3.75. The van der Waals surface area contributed by atoms with Gasteiger partial charge in [0, 0.05) is 31.1 Å². The van der Waals surface area contributed by atoms with Crippen LogP contribution in [0.3, 0.4) is 0 Å². The quantitative estimate of drug-likeness (QED) is 0.874. The monoisotopic (exact) mass is 344 g/mol. The predicted molar refractivity (Wildman–Crippen MR) is 96.8 cm³/mol. The molecule has 0 aromatic carbocycles. The van der Waals surface area contributed by atoms with Gasteiger partial charge in [0.05, 0.1) is 0 Å². The number of aromatic nitrogens is 1. The van der Waals surface area contributed by atoms with Crippen LogP contribution in [0, 0.1) is 24.7 Å². The van der Waals surface area contributed by atoms with E-state index >= 15 is 0 Å². The van der Waals surface area contributed by atoms with Crippen LogP contribution >= 0.6 is 0 Å². The Morgan fingerprint density at radius 2 is 2.00 bits per heavy atom. The van der Waals surface area contributed by atoms with Crippen LogP contribution in [-0.4, -0.2) is 41.3 Å². The number of carbonyl (C=O) groups is 2. The number of pyridine rings is 1. The van der Waals surface area contributed by atoms with Crippen molar-refractivity contribution in [1.82, 2.24) is 9.88 Å². The van der Waals surface area contributed by atoms with Crippen LogP contribution in [0.2, 0.25) is 0 Å². The minimum atomic E-state index is -0.0546. The van der Waals surface area contributed by atoms with E-state index in [9.17, 15) is 9.59 Å². The van der Waals surface area contributed by atoms with Gasteiger partial charge < -0.3 is 16.0 Å². The number of aryl methyl sites for hydroxylation is 1. The summed E-state index contributed by atoms with van der Waals surface area (Å²) in [6.07, 6.45) is 6.29. The lowest BCUT2D eigenvalue weighted by Gasteiger charge is -2.34. The fourth-order valence-electron chi connectivity index (χ4n) is 4.01. The van der Waals surface area contributed by atoms with Gasteiger partial charge in [-0.05, 0) is 56.7 Å². The second kappa shape index (κ2) is 7.95. The third-order valence-corrected chi connectivity index (χ3v) is 5.62. The maximum atomic E-state index is 12.7. The molecular formula is C19H28N4O2. The van der Waals surface area contributed by atoms with Crippen molar-refractivity contribution in [3.63, 3.8) is 0 Å². The first-order valence-electron chi connectivity index (χ1n) is 9.31. The van der Waals surface area contributed by atoms with E-state index in [2.05, 4.69) is 10.3 Å². The van der Waals surface area contributed by atoms with Gasteiger partial charge >= 0.3 is 0 Å². The zero-order valence-electron chi connectivity index (χ0n) is 14.9. The molecule has 0 unspecified atom stereocenters. The number of hydrogen-bond donors (Lipinski definition) is 2. The van der Waals surface area contributed by atoms with Crippen molar-refractivity contribution in [1.29, 1.82) is 0 Å². The maximum absolute atomic E-state index is 12.7. The van der Waals surface area contributed by atoms with Gasteiger partial charge in [0.1, 0.15) is 5.82 Å². The van der Waals surface area contributed by atoms with E-state index in [1.807, 2.05) is 24.0 Å². The summed E-state index contributed by atoms with van der Waals surface area (Å²) < 4.78 is 0. The molecule has 1 aromatic heterocycles. The number of carbonyl (C=O) groups excluding carboxylic acids is 2. The molecular weight excluding hydrogens is 316 g/mol. The summed E-state index contributed by atoms with van der Waals surface area (Å²) in [5, 5.41) is 2.88. The van der Waals surface area contributed by atoms with Gasteiger partial charge in [0.25, 0.3) is 0 Å². The van der Waals surface area contributed by atoms with Crippen LogP contribution in [0.4, 0.5) is 5.82 Å². The SMILES string of the molecule is Cc1ccc(NC(=O)C2CCN(C(=O)[C@@H]3CCC[C@@H]3CN)CC2)nc1. The molecule has 136 valence electrons. The summed E-state index contributed by atoms with van der Waals surface area (Å²) in [5.74, 6) is 1.20. The Bertz CT molecular complexity index is 608. The molecule has 2 atom stereocenters. The van der Waals surface area contributed by atoms with E-state index in [-0.39, 0.29) is 23.7 Å². The Balaban J connectivity index is 1.50. The lowest BCUT2D eigenvalue weighted by molar-refractivity contribution is -0.139. The van der Waals surface area contributed by atoms with Gasteiger partial charge in [0.15, 0.2) is 0 Å². The van der Waals surface area contributed by atoms with Gasteiger partial charge in [-0.3, -0.25) is 9.59 Å². The standard InChI is InChI=1S/C19H28N4O2/c1-13-5-6-17(21-12-13)22-18(24)14-7-9-23(10-8-14)19(25)16-4-2-3-15(16)11-20/h5-6,12,14-16H,2-4,7-11,20H2,1H3,(H,21,22,24)/t15-,16-/m1/s1. The minimum Gasteiger partial charge on any atom is -0.342 e. The molecule has 1 aliphatic heterocycles. The number of nitrogens with zero attached hydrogens (tertiary/aromatic N) is 2. The molecule has 1 saturated heterocycles. The van der Waals surface area contributed by atoms with Crippen molar-refractivity contribution in [2.75, 3.05) is 25.0 Å². The Labute approximate surface area is 149 Å². The summed E-state index contributed by atoms with van der Waals surface area (Å²) in [5.41, 5.74) is 6.87. The molecule has 2 fully saturated rings. The van der Waals surface area contributed by atoms with E-state index in [0.717, 1.165) is 24.8 Å². The number of hydrogen-bond acceptors (Lipinski definition) is 4. The number of anilines is 1. The largest absolute Gasteiger partial charge is 0.342 e. The third-order valence-electron chi connectivity index (χ3n) is 5.62. The fourth-order valence-corrected chi connectivity index (χ4v) is 4.01. The van der Waals surface area contributed by atoms with E-state index in [4.69, 9.17) is 5.73 Å². The molecule has 1 aliphatic carbocycles. The highest BCUT2D eigenvalue weighted by atomic mass is 16.2. The molecule has 3 rings (SSSR count). The van der Waals surface area contributed by atoms with Crippen molar-refractivity contribution >= 4 is 17.6 Å². The normalized spacial score (nSPS) is 24.3. The van der Waals surface area contributed by atoms with E-state index in [1.54, 1.807) is 6.20 Å². The average molecular weight is 344 g/mol. The van der Waals surface area contributed by atoms with Crippen molar-refractivity contribution < 1.29 is 9.59 Å². The summed E-state index contributed by atoms with van der Waals surface area (Å²) in [6.45, 7) is 3.88. The smallest absolute Gasteiger partial charge is 0.228 e. The molecule has 25 heavy (non-hydrogen) atoms. The zero-order chi connectivity index (χ0) is 17.8. The van der Waals surface area contributed by atoms with Gasteiger partial charge in [-0.15, -0.1) is 0 Å². The molecule has 1 aromatic rings. The van der Waals surface area contributed by atoms with Crippen LogP contribution in [0.1, 0.15) is 37.7 Å². The number of likely N-dealkylation sites (tertiary alicyclic amines) is 1. The minimum absolute atomic E-state index is 0.00385. The average Bonchev–Trinajstić information content (AvgIpc) is 3.12. The van der Waals surface area contributed by atoms with Crippen molar-refractivity contribution in [3.05, 3.63) is 23.9 Å². The Hall–Kier alpha value is -1.95. The molecule has 0 radical (unpaired) electrons. The number of amides is 2. The van der Waals surface area contributed by atoms with Crippen LogP contribution in [0.25, 0.3) is 0 Å². The van der Waals surface area contributed by atoms with Crippen LogP contribution < -0.4 is 11.1 Å². The number of rotatable bonds is 4. The molecule has 0 spiro atoms. The van der Waals surface area contributed by atoms with Crippen molar-refractivity contribution in [2.45, 2.75) is 39.0 Å². The highest BCUT2D eigenvalue weighted by Crippen LogP contribution is 2.33. The number of nitrogens with two attached hydrogens (primary N) is 1. The van der Waals surface area contributed by atoms with Gasteiger partial charge in [-0.25, -0.2) is 4.98 Å². The van der Waals surface area contributed by atoms with Crippen molar-refractivity contribution in [3.8, 4) is 0 Å². The lowest BCUT2D eigenvalue weighted by atomic mass is 9.91.